The van der Waals surface area contributed by atoms with Gasteiger partial charge in [-0.25, -0.2) is 0 Å². The summed E-state index contributed by atoms with van der Waals surface area (Å²) in [5, 5.41) is 0. The van der Waals surface area contributed by atoms with E-state index in [0.29, 0.717) is 0 Å². The molecule has 0 amide bonds. The Bertz CT molecular complexity index is 177. The number of halogens is 1. The van der Waals surface area contributed by atoms with Crippen LogP contribution < -0.4 is 0 Å². The Kier molecular flexibility index (Phi) is 5.98. The number of hydrogen-bond acceptors (Lipinski definition) is 0. The highest BCUT2D eigenvalue weighted by atomic mass is 35.5. The summed E-state index contributed by atoms with van der Waals surface area (Å²) in [6.45, 7) is 11.4. The van der Waals surface area contributed by atoms with E-state index in [1.807, 2.05) is 0 Å². The van der Waals surface area contributed by atoms with E-state index in [0.717, 1.165) is 6.42 Å². The Morgan fingerprint density at radius 1 is 1.15 bits per heavy atom. The molecule has 0 aliphatic heterocycles. The smallest absolute Gasteiger partial charge is 0.0921 e. The van der Waals surface area contributed by atoms with E-state index in [2.05, 4.69) is 33.5 Å². The van der Waals surface area contributed by atoms with Crippen molar-refractivity contribution in [1.29, 1.82) is 0 Å². The summed E-state index contributed by atoms with van der Waals surface area (Å²) in [5.41, 5.74) is 1.50. The van der Waals surface area contributed by atoms with Crippen molar-refractivity contribution >= 4 is 19.7 Å². The summed E-state index contributed by atoms with van der Waals surface area (Å²) in [5.74, 6) is 0. The molecule has 0 aromatic rings. The molecular formula is C11H23ClSi. The van der Waals surface area contributed by atoms with Gasteiger partial charge in [-0.05, 0) is 19.3 Å². The minimum Gasteiger partial charge on any atom is -0.0943 e. The van der Waals surface area contributed by atoms with Crippen molar-refractivity contribution in [3.63, 3.8) is 0 Å². The van der Waals surface area contributed by atoms with Gasteiger partial charge in [0.05, 0.1) is 8.07 Å². The second-order valence-corrected chi connectivity index (χ2v) is 10.3. The van der Waals surface area contributed by atoms with Crippen molar-refractivity contribution in [3.05, 3.63) is 10.2 Å². The lowest BCUT2D eigenvalue weighted by Gasteiger charge is -2.19. The fourth-order valence-electron chi connectivity index (χ4n) is 1.36. The van der Waals surface area contributed by atoms with Crippen LogP contribution in [0, 0.1) is 0 Å². The Hall–Kier alpha value is 0.247. The SMILES string of the molecule is CCCC/C(CC)=C(/Cl)[Si](C)(C)C. The standard InChI is InChI=1S/C11H23ClSi/c1-6-8-9-10(7-2)11(12)13(3,4)5/h6-9H2,1-5H3/b11-10-. The van der Waals surface area contributed by atoms with Gasteiger partial charge in [0.25, 0.3) is 0 Å². The lowest BCUT2D eigenvalue weighted by Crippen LogP contribution is -2.22. The molecule has 0 aliphatic carbocycles. The highest BCUT2D eigenvalue weighted by Crippen LogP contribution is 2.27. The van der Waals surface area contributed by atoms with E-state index >= 15 is 0 Å². The van der Waals surface area contributed by atoms with Crippen molar-refractivity contribution in [2.24, 2.45) is 0 Å². The minimum atomic E-state index is -1.25. The molecule has 78 valence electrons. The van der Waals surface area contributed by atoms with E-state index < -0.39 is 8.07 Å². The third-order valence-electron chi connectivity index (χ3n) is 2.23. The number of unbranched alkanes of at least 4 members (excludes halogenated alkanes) is 1. The molecule has 0 radical (unpaired) electrons. The molecule has 0 saturated heterocycles. The molecule has 0 unspecified atom stereocenters. The van der Waals surface area contributed by atoms with Crippen molar-refractivity contribution in [3.8, 4) is 0 Å². The topological polar surface area (TPSA) is 0 Å². The second-order valence-electron chi connectivity index (χ2n) is 4.62. The summed E-state index contributed by atoms with van der Waals surface area (Å²) in [6.07, 6.45) is 4.88. The minimum absolute atomic E-state index is 1.13. The maximum atomic E-state index is 6.40. The van der Waals surface area contributed by atoms with Gasteiger partial charge in [-0.2, -0.15) is 0 Å². The molecule has 0 atom stereocenters. The lowest BCUT2D eigenvalue weighted by molar-refractivity contribution is 0.766. The third kappa shape index (κ3) is 4.87. The normalized spacial score (nSPS) is 14.3. The molecule has 0 fully saturated rings. The van der Waals surface area contributed by atoms with Gasteiger partial charge in [0.15, 0.2) is 0 Å². The van der Waals surface area contributed by atoms with Crippen molar-refractivity contribution < 1.29 is 0 Å². The maximum absolute atomic E-state index is 6.40. The largest absolute Gasteiger partial charge is 0.0943 e. The van der Waals surface area contributed by atoms with Crippen LogP contribution in [0.25, 0.3) is 0 Å². The number of rotatable bonds is 5. The van der Waals surface area contributed by atoms with Gasteiger partial charge in [-0.1, -0.05) is 57.1 Å². The van der Waals surface area contributed by atoms with E-state index in [4.69, 9.17) is 11.6 Å². The molecule has 0 nitrogen and oxygen atoms in total. The number of allylic oxidation sites excluding steroid dienone is 1. The summed E-state index contributed by atoms with van der Waals surface area (Å²) in [6, 6.07) is 0. The van der Waals surface area contributed by atoms with E-state index in [1.54, 1.807) is 0 Å². The van der Waals surface area contributed by atoms with Crippen LogP contribution in [0.1, 0.15) is 39.5 Å². The summed E-state index contributed by atoms with van der Waals surface area (Å²) in [7, 11) is -1.25. The highest BCUT2D eigenvalue weighted by Gasteiger charge is 2.20. The van der Waals surface area contributed by atoms with Gasteiger partial charge in [0.2, 0.25) is 0 Å². The summed E-state index contributed by atoms with van der Waals surface area (Å²) >= 11 is 6.40. The maximum Gasteiger partial charge on any atom is 0.0921 e. The van der Waals surface area contributed by atoms with Crippen molar-refractivity contribution in [2.75, 3.05) is 0 Å². The zero-order chi connectivity index (χ0) is 10.5. The monoisotopic (exact) mass is 218 g/mol. The average Bonchev–Trinajstić information content (AvgIpc) is 2.04. The predicted octanol–water partition coefficient (Wildman–Crippen LogP) is 4.96. The predicted molar refractivity (Wildman–Crippen MR) is 66.0 cm³/mol. The van der Waals surface area contributed by atoms with Crippen LogP contribution in [0.5, 0.6) is 0 Å². The van der Waals surface area contributed by atoms with Gasteiger partial charge in [0, 0.05) is 4.66 Å². The van der Waals surface area contributed by atoms with Crippen molar-refractivity contribution in [1.82, 2.24) is 0 Å². The van der Waals surface area contributed by atoms with Gasteiger partial charge < -0.3 is 0 Å². The summed E-state index contributed by atoms with van der Waals surface area (Å²) in [4.78, 5) is 0. The molecule has 0 saturated carbocycles. The van der Waals surface area contributed by atoms with Crippen LogP contribution in [0.4, 0.5) is 0 Å². The molecule has 0 N–H and O–H groups in total. The first-order valence-corrected chi connectivity index (χ1v) is 9.19. The molecule has 0 aliphatic rings. The Morgan fingerprint density at radius 2 is 1.69 bits per heavy atom. The lowest BCUT2D eigenvalue weighted by atomic mass is 10.1. The zero-order valence-corrected chi connectivity index (χ0v) is 11.5. The van der Waals surface area contributed by atoms with E-state index in [-0.39, 0.29) is 0 Å². The molecule has 0 rings (SSSR count). The van der Waals surface area contributed by atoms with E-state index in [9.17, 15) is 0 Å². The molecule has 0 aromatic heterocycles. The van der Waals surface area contributed by atoms with Crippen LogP contribution in [0.3, 0.4) is 0 Å². The molecular weight excluding hydrogens is 196 g/mol. The van der Waals surface area contributed by atoms with Gasteiger partial charge in [-0.3, -0.25) is 0 Å². The molecule has 0 spiro atoms. The van der Waals surface area contributed by atoms with Gasteiger partial charge in [0.1, 0.15) is 0 Å². The second kappa shape index (κ2) is 5.87. The third-order valence-corrected chi connectivity index (χ3v) is 5.87. The van der Waals surface area contributed by atoms with Crippen LogP contribution >= 0.6 is 11.6 Å². The van der Waals surface area contributed by atoms with Crippen molar-refractivity contribution in [2.45, 2.75) is 59.2 Å². The van der Waals surface area contributed by atoms with Gasteiger partial charge >= 0.3 is 0 Å². The van der Waals surface area contributed by atoms with Crippen LogP contribution in [-0.2, 0) is 0 Å². The molecule has 2 heteroatoms. The highest BCUT2D eigenvalue weighted by molar-refractivity contribution is 6.91. The number of hydrogen-bond donors (Lipinski definition) is 0. The first-order chi connectivity index (χ1) is 5.93. The summed E-state index contributed by atoms with van der Waals surface area (Å²) < 4.78 is 1.21. The van der Waals surface area contributed by atoms with Crippen LogP contribution in [-0.4, -0.2) is 8.07 Å². The zero-order valence-electron chi connectivity index (χ0n) is 9.71. The molecule has 0 heterocycles. The first-order valence-electron chi connectivity index (χ1n) is 5.31. The fraction of sp³-hybridized carbons (Fsp3) is 0.818. The quantitative estimate of drug-likeness (QED) is 0.573. The Morgan fingerprint density at radius 3 is 2.00 bits per heavy atom. The molecule has 0 bridgehead atoms. The van der Waals surface area contributed by atoms with Crippen LogP contribution in [0.2, 0.25) is 19.6 Å². The Balaban J connectivity index is 4.49. The first kappa shape index (κ1) is 13.2. The fourth-order valence-corrected chi connectivity index (χ4v) is 2.95. The van der Waals surface area contributed by atoms with Gasteiger partial charge in [-0.15, -0.1) is 0 Å². The Labute approximate surface area is 89.4 Å². The molecule has 13 heavy (non-hydrogen) atoms. The van der Waals surface area contributed by atoms with Crippen LogP contribution in [0.15, 0.2) is 10.2 Å². The molecule has 0 aromatic carbocycles. The average molecular weight is 219 g/mol. The van der Waals surface area contributed by atoms with E-state index in [1.165, 1.54) is 29.5 Å².